The quantitative estimate of drug-likeness (QED) is 0.0655. The van der Waals surface area contributed by atoms with Gasteiger partial charge in [0.25, 0.3) is 0 Å². The van der Waals surface area contributed by atoms with Crippen LogP contribution in [0.3, 0.4) is 0 Å². The van der Waals surface area contributed by atoms with Gasteiger partial charge in [-0.1, -0.05) is 161 Å². The van der Waals surface area contributed by atoms with Crippen molar-refractivity contribution in [1.82, 2.24) is 10.9 Å². The van der Waals surface area contributed by atoms with Crippen molar-refractivity contribution < 1.29 is 14.3 Å². The molecule has 3 aromatic rings. The van der Waals surface area contributed by atoms with Crippen LogP contribution in [0.15, 0.2) is 97.1 Å². The number of benzene rings is 3. The molecule has 2 N–H and O–H groups in total. The van der Waals surface area contributed by atoms with Gasteiger partial charge >= 0.3 is 5.97 Å². The molecule has 0 aromatic heterocycles. The minimum atomic E-state index is -2.08. The Bertz CT molecular complexity index is 1370. The number of carbonyl (C=O) groups is 2. The standard InChI is InChI=1S/C42H60N2O3Si/c1-33(2)32-38(37(40(46)47-41(3,4)5)29-21-24-34-22-13-9-14-23-34)39(45)44-43-30-19-12-20-31-48(42(6,7)8,35-25-15-10-16-26-35)36-27-17-11-18-28-36/h9-11,13-18,21-28,33,37-38,43H,12,19-20,29-32H2,1-8H3,(H,44,45)/b24-21+/t37-,38+/m0/s1. The van der Waals surface area contributed by atoms with Gasteiger partial charge in [0, 0.05) is 6.54 Å². The smallest absolute Gasteiger partial charge is 0.310 e. The Morgan fingerprint density at radius 3 is 1.79 bits per heavy atom. The fourth-order valence-electron chi connectivity index (χ4n) is 6.84. The summed E-state index contributed by atoms with van der Waals surface area (Å²) in [5.41, 5.74) is 6.58. The summed E-state index contributed by atoms with van der Waals surface area (Å²) in [6.45, 7) is 17.7. The van der Waals surface area contributed by atoms with Crippen molar-refractivity contribution in [3.8, 4) is 0 Å². The highest BCUT2D eigenvalue weighted by Crippen LogP contribution is 2.39. The van der Waals surface area contributed by atoms with Crippen molar-refractivity contribution in [3.05, 3.63) is 103 Å². The van der Waals surface area contributed by atoms with E-state index in [-0.39, 0.29) is 22.8 Å². The first-order valence-electron chi connectivity index (χ1n) is 17.8. The van der Waals surface area contributed by atoms with E-state index in [2.05, 4.69) is 106 Å². The summed E-state index contributed by atoms with van der Waals surface area (Å²) in [4.78, 5) is 27.1. The maximum absolute atomic E-state index is 13.7. The average molecular weight is 669 g/mol. The van der Waals surface area contributed by atoms with E-state index in [1.165, 1.54) is 16.4 Å². The van der Waals surface area contributed by atoms with Crippen molar-refractivity contribution in [3.63, 3.8) is 0 Å². The van der Waals surface area contributed by atoms with E-state index >= 15 is 0 Å². The molecule has 0 saturated heterocycles. The Morgan fingerprint density at radius 2 is 1.29 bits per heavy atom. The van der Waals surface area contributed by atoms with Crippen LogP contribution in [-0.2, 0) is 14.3 Å². The minimum absolute atomic E-state index is 0.147. The van der Waals surface area contributed by atoms with Gasteiger partial charge in [0.2, 0.25) is 5.91 Å². The van der Waals surface area contributed by atoms with E-state index in [1.807, 2.05) is 63.3 Å². The molecule has 6 heteroatoms. The number of rotatable bonds is 17. The maximum Gasteiger partial charge on any atom is 0.310 e. The zero-order chi connectivity index (χ0) is 35.2. The first-order valence-corrected chi connectivity index (χ1v) is 20.0. The van der Waals surface area contributed by atoms with Crippen LogP contribution in [0.2, 0.25) is 11.1 Å². The second-order valence-electron chi connectivity index (χ2n) is 15.5. The van der Waals surface area contributed by atoms with Gasteiger partial charge in [-0.15, -0.1) is 0 Å². The molecular formula is C42H60N2O3Si. The highest BCUT2D eigenvalue weighted by molar-refractivity contribution is 7.04. The zero-order valence-corrected chi connectivity index (χ0v) is 31.7. The second-order valence-corrected chi connectivity index (χ2v) is 20.5. The van der Waals surface area contributed by atoms with Crippen LogP contribution in [0.1, 0.15) is 93.1 Å². The Hall–Kier alpha value is -3.48. The summed E-state index contributed by atoms with van der Waals surface area (Å²) in [5.74, 6) is -1.34. The molecular weight excluding hydrogens is 609 g/mol. The number of amides is 1. The van der Waals surface area contributed by atoms with Crippen LogP contribution in [0.4, 0.5) is 0 Å². The van der Waals surface area contributed by atoms with Crippen LogP contribution >= 0.6 is 0 Å². The van der Waals surface area contributed by atoms with Gasteiger partial charge in [0.05, 0.1) is 11.8 Å². The van der Waals surface area contributed by atoms with Gasteiger partial charge in [-0.25, -0.2) is 5.43 Å². The van der Waals surface area contributed by atoms with Crippen molar-refractivity contribution in [2.45, 2.75) is 104 Å². The van der Waals surface area contributed by atoms with Gasteiger partial charge in [-0.3, -0.25) is 15.0 Å². The second kappa shape index (κ2) is 18.3. The molecule has 0 fully saturated rings. The molecule has 0 unspecified atom stereocenters. The molecule has 2 atom stereocenters. The molecule has 0 saturated carbocycles. The molecule has 3 aromatic carbocycles. The topological polar surface area (TPSA) is 67.4 Å². The molecule has 0 aliphatic rings. The summed E-state index contributed by atoms with van der Waals surface area (Å²) in [5, 5.41) is 3.13. The largest absolute Gasteiger partial charge is 0.460 e. The lowest BCUT2D eigenvalue weighted by molar-refractivity contribution is -0.164. The number of hydrazine groups is 1. The third kappa shape index (κ3) is 11.6. The van der Waals surface area contributed by atoms with E-state index < -0.39 is 25.5 Å². The summed E-state index contributed by atoms with van der Waals surface area (Å²) < 4.78 is 5.83. The number of unbranched alkanes of at least 4 members (excludes halogenated alkanes) is 2. The highest BCUT2D eigenvalue weighted by Gasteiger charge is 2.46. The molecule has 0 radical (unpaired) electrons. The minimum Gasteiger partial charge on any atom is -0.460 e. The van der Waals surface area contributed by atoms with Gasteiger partial charge in [0.15, 0.2) is 0 Å². The lowest BCUT2D eigenvalue weighted by atomic mass is 9.82. The van der Waals surface area contributed by atoms with Crippen molar-refractivity contribution in [2.75, 3.05) is 6.54 Å². The lowest BCUT2D eigenvalue weighted by Crippen LogP contribution is -2.64. The molecule has 0 bridgehead atoms. The molecule has 0 aliphatic carbocycles. The Labute approximate surface area is 292 Å². The molecule has 48 heavy (non-hydrogen) atoms. The van der Waals surface area contributed by atoms with Crippen LogP contribution in [0.25, 0.3) is 6.08 Å². The summed E-state index contributed by atoms with van der Waals surface area (Å²) in [7, 11) is -2.08. The lowest BCUT2D eigenvalue weighted by Gasteiger charge is -2.44. The van der Waals surface area contributed by atoms with E-state index in [9.17, 15) is 9.59 Å². The third-order valence-electron chi connectivity index (χ3n) is 9.14. The Kier molecular flexibility index (Phi) is 14.9. The highest BCUT2D eigenvalue weighted by atomic mass is 28.3. The van der Waals surface area contributed by atoms with Crippen molar-refractivity contribution >= 4 is 36.4 Å². The van der Waals surface area contributed by atoms with Gasteiger partial charge in [-0.2, -0.15) is 0 Å². The average Bonchev–Trinajstić information content (AvgIpc) is 3.03. The number of carbonyl (C=O) groups excluding carboxylic acids is 2. The fraction of sp³-hybridized carbons (Fsp3) is 0.476. The SMILES string of the molecule is CC(C)C[C@@H](C(=O)NNCCCCC[Si](c1ccccc1)(c1ccccc1)C(C)(C)C)[C@H](C/C=C/c1ccccc1)C(=O)OC(C)(C)C. The predicted molar refractivity (Wildman–Crippen MR) is 205 cm³/mol. The van der Waals surface area contributed by atoms with Crippen molar-refractivity contribution in [1.29, 1.82) is 0 Å². The molecule has 0 aliphatic heterocycles. The van der Waals surface area contributed by atoms with E-state index in [0.29, 0.717) is 19.4 Å². The third-order valence-corrected chi connectivity index (χ3v) is 15.4. The summed E-state index contributed by atoms with van der Waals surface area (Å²) in [6, 6.07) is 33.4. The number of hydrogen-bond acceptors (Lipinski definition) is 4. The number of allylic oxidation sites excluding steroid dienone is 1. The Balaban J connectivity index is 1.64. The van der Waals surface area contributed by atoms with Crippen LogP contribution in [0, 0.1) is 17.8 Å². The Morgan fingerprint density at radius 1 is 0.750 bits per heavy atom. The first-order chi connectivity index (χ1) is 22.7. The molecule has 5 nitrogen and oxygen atoms in total. The normalized spacial score (nSPS) is 13.8. The molecule has 0 heterocycles. The van der Waals surface area contributed by atoms with Crippen LogP contribution < -0.4 is 21.2 Å². The number of esters is 1. The fourth-order valence-corrected chi connectivity index (χ4v) is 12.5. The van der Waals surface area contributed by atoms with Gasteiger partial charge in [-0.05, 0) is 62.6 Å². The van der Waals surface area contributed by atoms with Gasteiger partial charge < -0.3 is 4.74 Å². The van der Waals surface area contributed by atoms with E-state index in [4.69, 9.17) is 4.74 Å². The van der Waals surface area contributed by atoms with Gasteiger partial charge in [0.1, 0.15) is 13.7 Å². The number of hydrogen-bond donors (Lipinski definition) is 2. The summed E-state index contributed by atoms with van der Waals surface area (Å²) in [6.07, 6.45) is 8.14. The van der Waals surface area contributed by atoms with Crippen LogP contribution in [-0.4, -0.2) is 32.1 Å². The van der Waals surface area contributed by atoms with E-state index in [0.717, 1.165) is 24.8 Å². The molecule has 0 spiro atoms. The monoisotopic (exact) mass is 668 g/mol. The first kappa shape index (κ1) is 39.0. The van der Waals surface area contributed by atoms with Crippen LogP contribution in [0.5, 0.6) is 0 Å². The maximum atomic E-state index is 13.7. The van der Waals surface area contributed by atoms with Crippen molar-refractivity contribution in [2.24, 2.45) is 17.8 Å². The summed E-state index contributed by atoms with van der Waals surface area (Å²) >= 11 is 0. The molecule has 260 valence electrons. The zero-order valence-electron chi connectivity index (χ0n) is 30.7. The number of ether oxygens (including phenoxy) is 1. The predicted octanol–water partition coefficient (Wildman–Crippen LogP) is 8.56. The number of nitrogens with one attached hydrogen (secondary N) is 2. The van der Waals surface area contributed by atoms with E-state index in [1.54, 1.807) is 0 Å². The molecule has 1 amide bonds. The molecule has 3 rings (SSSR count).